The molecule has 0 radical (unpaired) electrons. The SMILES string of the molecule is CC(C)(C)[C@H](NC(=O)[C@H](Cc1ccncc1)NC(=O)CNC(=O)CC[C@H](NS(=O)(=O)c1ccc(Cl)c(C(F)(F)F)c1)C(=O)O)C(=O)Nc1ccc(C(=O)N2CCN(C(=O)[C@@H](N)CCCCN)CC2)cc1. The number of unbranched alkanes of at least 4 members (excludes halogenated alkanes) is 1. The summed E-state index contributed by atoms with van der Waals surface area (Å²) in [7, 11) is -4.86. The predicted molar refractivity (Wildman–Crippen MR) is 250 cm³/mol. The van der Waals surface area contributed by atoms with Crippen molar-refractivity contribution < 1.29 is 60.3 Å². The molecule has 25 heteroatoms. The minimum atomic E-state index is -5.01. The van der Waals surface area contributed by atoms with Gasteiger partial charge in [0.25, 0.3) is 5.91 Å². The number of carboxylic acids is 1. The van der Waals surface area contributed by atoms with Gasteiger partial charge in [0.1, 0.15) is 18.1 Å². The molecule has 0 bridgehead atoms. The maximum Gasteiger partial charge on any atom is 0.417 e. The molecular weight excluding hydrogens is 965 g/mol. The number of hydrogen-bond acceptors (Lipinski definition) is 12. The fourth-order valence-corrected chi connectivity index (χ4v) is 8.61. The average Bonchev–Trinajstić information content (AvgIpc) is 3.30. The van der Waals surface area contributed by atoms with Crippen LogP contribution in [0.5, 0.6) is 0 Å². The molecular formula is C45H58ClF3N10O10S. The molecule has 1 saturated heterocycles. The summed E-state index contributed by atoms with van der Waals surface area (Å²) < 4.78 is 67.5. The molecule has 0 spiro atoms. The van der Waals surface area contributed by atoms with Gasteiger partial charge in [-0.1, -0.05) is 38.8 Å². The number of anilines is 1. The van der Waals surface area contributed by atoms with Crippen LogP contribution in [0.25, 0.3) is 0 Å². The van der Waals surface area contributed by atoms with Gasteiger partial charge >= 0.3 is 12.1 Å². The van der Waals surface area contributed by atoms with Crippen LogP contribution in [0.15, 0.2) is 71.9 Å². The Bertz CT molecular complexity index is 2460. The molecule has 0 unspecified atom stereocenters. The van der Waals surface area contributed by atoms with E-state index in [9.17, 15) is 60.3 Å². The summed E-state index contributed by atoms with van der Waals surface area (Å²) in [5, 5.41) is 19.1. The van der Waals surface area contributed by atoms with Crippen LogP contribution in [0, 0.1) is 5.41 Å². The smallest absolute Gasteiger partial charge is 0.417 e. The van der Waals surface area contributed by atoms with Crippen molar-refractivity contribution in [2.24, 2.45) is 16.9 Å². The maximum atomic E-state index is 13.9. The first-order valence-electron chi connectivity index (χ1n) is 22.1. The third kappa shape index (κ3) is 16.7. The normalized spacial score (nSPS) is 14.9. The van der Waals surface area contributed by atoms with Gasteiger partial charge in [-0.15, -0.1) is 0 Å². The van der Waals surface area contributed by atoms with E-state index in [1.807, 2.05) is 0 Å². The van der Waals surface area contributed by atoms with Crippen molar-refractivity contribution in [3.8, 4) is 0 Å². The zero-order valence-corrected chi connectivity index (χ0v) is 40.3. The summed E-state index contributed by atoms with van der Waals surface area (Å²) in [6, 6.07) is 5.91. The molecule has 1 aliphatic rings. The second-order valence-electron chi connectivity index (χ2n) is 17.5. The number of benzene rings is 2. The summed E-state index contributed by atoms with van der Waals surface area (Å²) >= 11 is 5.57. The number of halogens is 4. The van der Waals surface area contributed by atoms with E-state index in [4.69, 9.17) is 23.1 Å². The Kier molecular flexibility index (Phi) is 20.2. The number of carbonyl (C=O) groups excluding carboxylic acids is 6. The summed E-state index contributed by atoms with van der Waals surface area (Å²) in [5.41, 5.74) is 10.5. The van der Waals surface area contributed by atoms with E-state index in [0.29, 0.717) is 62.0 Å². The van der Waals surface area contributed by atoms with Gasteiger partial charge in [0.2, 0.25) is 39.6 Å². The lowest BCUT2D eigenvalue weighted by Gasteiger charge is -2.36. The fraction of sp³-hybridized carbons (Fsp3) is 0.467. The standard InChI is InChI=1S/C45H58ClF3N10O10S/c1-44(2,3)38(40(63)54-29-9-7-28(8-10-29)41(64)58-20-22-59(23-21-58)42(65)33(51)6-4-5-17-50)56-39(62)35(24-27-15-18-52-19-16-27)55-37(61)26-53-36(60)14-13-34(43(66)67)57-70(68,69)30-11-12-32(46)31(25-30)45(47,48)49/h7-12,15-16,18-19,25,33-35,38,57H,4-6,13-14,17,20-24,26,50-51H2,1-3H3,(H,53,60)(H,54,63)(H,55,61)(H,56,62)(H,66,67)/t33-,34-,35-,38+/m0/s1. The molecule has 2 heterocycles. The van der Waals surface area contributed by atoms with Crippen LogP contribution < -0.4 is 37.5 Å². The van der Waals surface area contributed by atoms with Crippen molar-refractivity contribution in [1.82, 2.24) is 35.5 Å². The molecule has 1 fully saturated rings. The second kappa shape index (κ2) is 25.1. The van der Waals surface area contributed by atoms with Crippen LogP contribution in [0.4, 0.5) is 18.9 Å². The molecule has 2 aromatic carbocycles. The molecule has 4 atom stereocenters. The predicted octanol–water partition coefficient (Wildman–Crippen LogP) is 2.02. The molecule has 3 aromatic rings. The molecule has 4 rings (SSSR count). The van der Waals surface area contributed by atoms with Gasteiger partial charge in [-0.3, -0.25) is 38.5 Å². The molecule has 70 heavy (non-hydrogen) atoms. The Morgan fingerprint density at radius 2 is 1.46 bits per heavy atom. The average molecular weight is 1020 g/mol. The number of rotatable bonds is 22. The monoisotopic (exact) mass is 1020 g/mol. The van der Waals surface area contributed by atoms with Crippen LogP contribution in [-0.4, -0.2) is 133 Å². The van der Waals surface area contributed by atoms with Gasteiger partial charge in [-0.05, 0) is 91.4 Å². The topological polar surface area (TPSA) is 305 Å². The number of aliphatic carboxylic acids is 1. The number of amides is 6. The number of nitrogens with one attached hydrogen (secondary N) is 5. The van der Waals surface area contributed by atoms with Gasteiger partial charge in [0.15, 0.2) is 0 Å². The van der Waals surface area contributed by atoms with Crippen molar-refractivity contribution >= 4 is 68.7 Å². The number of aromatic nitrogens is 1. The number of nitrogens with two attached hydrogens (primary N) is 2. The lowest BCUT2D eigenvalue weighted by Crippen LogP contribution is -2.57. The van der Waals surface area contributed by atoms with E-state index >= 15 is 0 Å². The van der Waals surface area contributed by atoms with E-state index in [2.05, 4.69) is 26.3 Å². The molecule has 10 N–H and O–H groups in total. The highest BCUT2D eigenvalue weighted by Gasteiger charge is 2.37. The fourth-order valence-electron chi connectivity index (χ4n) is 7.14. The van der Waals surface area contributed by atoms with E-state index in [0.717, 1.165) is 18.9 Å². The van der Waals surface area contributed by atoms with Crippen LogP contribution in [0.3, 0.4) is 0 Å². The van der Waals surface area contributed by atoms with Crippen molar-refractivity contribution in [3.05, 3.63) is 88.7 Å². The summed E-state index contributed by atoms with van der Waals surface area (Å²) in [6.07, 6.45) is -1.47. The minimum Gasteiger partial charge on any atom is -0.480 e. The van der Waals surface area contributed by atoms with Crippen LogP contribution in [0.2, 0.25) is 5.02 Å². The van der Waals surface area contributed by atoms with Crippen molar-refractivity contribution in [2.75, 3.05) is 44.6 Å². The van der Waals surface area contributed by atoms with Gasteiger partial charge in [0.05, 0.1) is 28.1 Å². The van der Waals surface area contributed by atoms with Crippen LogP contribution in [-0.2, 0) is 51.4 Å². The minimum absolute atomic E-state index is 0.0886. The van der Waals surface area contributed by atoms with Crippen molar-refractivity contribution in [1.29, 1.82) is 0 Å². The second-order valence-corrected chi connectivity index (χ2v) is 19.7. The van der Waals surface area contributed by atoms with Crippen molar-refractivity contribution in [2.45, 2.75) is 94.5 Å². The zero-order valence-electron chi connectivity index (χ0n) is 38.7. The Morgan fingerprint density at radius 3 is 2.04 bits per heavy atom. The Morgan fingerprint density at radius 1 is 0.829 bits per heavy atom. The largest absolute Gasteiger partial charge is 0.480 e. The number of alkyl halides is 3. The summed E-state index contributed by atoms with van der Waals surface area (Å²) in [5.74, 6) is -5.36. The summed E-state index contributed by atoms with van der Waals surface area (Å²) in [6.45, 7) is 6.18. The van der Waals surface area contributed by atoms with E-state index in [-0.39, 0.29) is 24.3 Å². The first kappa shape index (κ1) is 56.4. The quantitative estimate of drug-likeness (QED) is 0.0670. The van der Waals surface area contributed by atoms with Gasteiger partial charge in [0, 0.05) is 62.7 Å². The number of sulfonamides is 1. The highest BCUT2D eigenvalue weighted by Crippen LogP contribution is 2.36. The Balaban J connectivity index is 1.35. The third-order valence-electron chi connectivity index (χ3n) is 11.1. The molecule has 0 saturated carbocycles. The van der Waals surface area contributed by atoms with Crippen LogP contribution >= 0.6 is 11.6 Å². The molecule has 382 valence electrons. The number of nitrogens with zero attached hydrogens (tertiary/aromatic N) is 3. The zero-order chi connectivity index (χ0) is 52.0. The summed E-state index contributed by atoms with van der Waals surface area (Å²) in [4.78, 5) is 98.0. The van der Waals surface area contributed by atoms with Gasteiger partial charge < -0.3 is 47.6 Å². The highest BCUT2D eigenvalue weighted by molar-refractivity contribution is 7.89. The van der Waals surface area contributed by atoms with Gasteiger partial charge in [-0.2, -0.15) is 17.9 Å². The third-order valence-corrected chi connectivity index (χ3v) is 12.9. The maximum absolute atomic E-state index is 13.9. The molecule has 1 aromatic heterocycles. The molecule has 6 amide bonds. The van der Waals surface area contributed by atoms with Crippen molar-refractivity contribution in [3.63, 3.8) is 0 Å². The molecule has 1 aliphatic heterocycles. The van der Waals surface area contributed by atoms with Crippen LogP contribution in [0.1, 0.15) is 74.4 Å². The van der Waals surface area contributed by atoms with E-state index in [1.165, 1.54) is 24.5 Å². The van der Waals surface area contributed by atoms with Gasteiger partial charge in [-0.25, -0.2) is 8.42 Å². The number of piperazine rings is 1. The van der Waals surface area contributed by atoms with E-state index in [1.54, 1.807) is 59.6 Å². The first-order valence-corrected chi connectivity index (χ1v) is 24.0. The number of hydrogen-bond donors (Lipinski definition) is 8. The Hall–Kier alpha value is -6.21. The van der Waals surface area contributed by atoms with E-state index < -0.39 is 110 Å². The lowest BCUT2D eigenvalue weighted by molar-refractivity contribution is -0.139. The molecule has 0 aliphatic carbocycles. The highest BCUT2D eigenvalue weighted by atomic mass is 35.5. The first-order chi connectivity index (χ1) is 32.8. The number of carbonyl (C=O) groups is 7. The molecule has 20 nitrogen and oxygen atoms in total. The number of pyridine rings is 1. The lowest BCUT2D eigenvalue weighted by atomic mass is 9.85. The number of carboxylic acid groups (broad SMARTS) is 1. The Labute approximate surface area is 407 Å².